The number of para-hydroxylation sites is 1. The van der Waals surface area contributed by atoms with Crippen LogP contribution in [0.3, 0.4) is 0 Å². The van der Waals surface area contributed by atoms with Crippen LogP contribution in [0.2, 0.25) is 10.0 Å². The third kappa shape index (κ3) is 6.12. The van der Waals surface area contributed by atoms with E-state index in [1.54, 1.807) is 28.0 Å². The van der Waals surface area contributed by atoms with Crippen LogP contribution < -0.4 is 5.32 Å². The van der Waals surface area contributed by atoms with Gasteiger partial charge < -0.3 is 10.2 Å². The van der Waals surface area contributed by atoms with Gasteiger partial charge in [-0.1, -0.05) is 47.5 Å². The Kier molecular flexibility index (Phi) is 7.46. The molecule has 0 aromatic heterocycles. The number of nitrogens with one attached hydrogen (secondary N) is 1. The number of alkyl halides is 3. The summed E-state index contributed by atoms with van der Waals surface area (Å²) in [5, 5.41) is 2.63. The first-order valence-electron chi connectivity index (χ1n) is 9.54. The third-order valence-corrected chi connectivity index (χ3v) is 5.66. The summed E-state index contributed by atoms with van der Waals surface area (Å²) in [5.41, 5.74) is -0.699. The van der Waals surface area contributed by atoms with Crippen LogP contribution in [0.15, 0.2) is 42.5 Å². The summed E-state index contributed by atoms with van der Waals surface area (Å²) in [6.45, 7) is 1.58. The molecule has 2 aromatic rings. The van der Waals surface area contributed by atoms with E-state index in [1.807, 2.05) is 6.07 Å². The van der Waals surface area contributed by atoms with Crippen LogP contribution in [0, 0.1) is 0 Å². The predicted octanol–water partition coefficient (Wildman–Crippen LogP) is 4.34. The van der Waals surface area contributed by atoms with Crippen molar-refractivity contribution in [2.75, 3.05) is 38.0 Å². The lowest BCUT2D eigenvalue weighted by Crippen LogP contribution is -2.50. The second-order valence-electron chi connectivity index (χ2n) is 7.13. The van der Waals surface area contributed by atoms with Gasteiger partial charge in [0, 0.05) is 31.2 Å². The van der Waals surface area contributed by atoms with E-state index < -0.39 is 23.3 Å². The number of benzene rings is 2. The molecule has 1 saturated heterocycles. The molecule has 0 unspecified atom stereocenters. The average molecular weight is 474 g/mol. The molecule has 0 radical (unpaired) electrons. The highest BCUT2D eigenvalue weighted by atomic mass is 35.5. The number of amides is 2. The van der Waals surface area contributed by atoms with E-state index in [-0.39, 0.29) is 23.9 Å². The second kappa shape index (κ2) is 9.89. The Bertz CT molecular complexity index is 961. The Morgan fingerprint density at radius 1 is 0.935 bits per heavy atom. The number of anilines is 1. The summed E-state index contributed by atoms with van der Waals surface area (Å²) in [5.74, 6) is -0.669. The van der Waals surface area contributed by atoms with E-state index in [9.17, 15) is 22.8 Å². The summed E-state index contributed by atoms with van der Waals surface area (Å²) in [6.07, 6.45) is -4.45. The second-order valence-corrected chi connectivity index (χ2v) is 7.95. The Morgan fingerprint density at radius 2 is 1.58 bits per heavy atom. The fourth-order valence-corrected chi connectivity index (χ4v) is 3.77. The number of piperazine rings is 1. The number of halogens is 5. The smallest absolute Gasteiger partial charge is 0.340 e. The molecule has 0 saturated carbocycles. The van der Waals surface area contributed by atoms with E-state index in [0.717, 1.165) is 11.6 Å². The van der Waals surface area contributed by atoms with Crippen LogP contribution in [-0.4, -0.2) is 54.3 Å². The van der Waals surface area contributed by atoms with Crippen LogP contribution in [0.25, 0.3) is 0 Å². The van der Waals surface area contributed by atoms with Crippen molar-refractivity contribution >= 4 is 40.7 Å². The minimum Gasteiger partial charge on any atom is -0.340 e. The topological polar surface area (TPSA) is 52.7 Å². The summed E-state index contributed by atoms with van der Waals surface area (Å²) in [6, 6.07) is 10.5. The van der Waals surface area contributed by atoms with Crippen molar-refractivity contribution in [2.24, 2.45) is 0 Å². The van der Waals surface area contributed by atoms with Crippen molar-refractivity contribution < 1.29 is 22.8 Å². The predicted molar refractivity (Wildman–Crippen MR) is 113 cm³/mol. The van der Waals surface area contributed by atoms with Gasteiger partial charge in [-0.2, -0.15) is 13.2 Å². The first kappa shape index (κ1) is 23.4. The molecule has 3 rings (SSSR count). The van der Waals surface area contributed by atoms with Gasteiger partial charge in [0.05, 0.1) is 29.2 Å². The third-order valence-electron chi connectivity index (χ3n) is 4.98. The number of carbonyl (C=O) groups is 2. The van der Waals surface area contributed by atoms with Crippen molar-refractivity contribution in [3.63, 3.8) is 0 Å². The Morgan fingerprint density at radius 3 is 2.23 bits per heavy atom. The van der Waals surface area contributed by atoms with E-state index in [4.69, 9.17) is 23.2 Å². The zero-order valence-corrected chi connectivity index (χ0v) is 17.9. The van der Waals surface area contributed by atoms with Gasteiger partial charge in [0.15, 0.2) is 0 Å². The van der Waals surface area contributed by atoms with E-state index in [1.165, 1.54) is 12.1 Å². The standard InChI is InChI=1S/C21H20Cl2F3N3O2/c22-16-6-2-1-4-14(16)12-19(31)29-10-8-28(9-11-29)13-18(30)27-20-15(21(24,25)26)5-3-7-17(20)23/h1-7H,8-13H2,(H,27,30). The minimum absolute atomic E-state index is 0.0666. The maximum Gasteiger partial charge on any atom is 0.418 e. The Hall–Kier alpha value is -2.29. The zero-order chi connectivity index (χ0) is 22.6. The summed E-state index contributed by atoms with van der Waals surface area (Å²) in [7, 11) is 0. The number of carbonyl (C=O) groups excluding carboxylic acids is 2. The quantitative estimate of drug-likeness (QED) is 0.702. The molecule has 10 heteroatoms. The maximum absolute atomic E-state index is 13.2. The molecule has 0 atom stereocenters. The molecule has 5 nitrogen and oxygen atoms in total. The average Bonchev–Trinajstić information content (AvgIpc) is 2.71. The highest BCUT2D eigenvalue weighted by Crippen LogP contribution is 2.38. The molecule has 1 heterocycles. The first-order chi connectivity index (χ1) is 14.6. The van der Waals surface area contributed by atoms with Crippen molar-refractivity contribution in [1.82, 2.24) is 9.80 Å². The molecule has 166 valence electrons. The molecule has 1 aliphatic rings. The van der Waals surface area contributed by atoms with Crippen LogP contribution in [0.4, 0.5) is 18.9 Å². The highest BCUT2D eigenvalue weighted by Gasteiger charge is 2.35. The summed E-state index contributed by atoms with van der Waals surface area (Å²) >= 11 is 12.0. The van der Waals surface area contributed by atoms with Crippen LogP contribution in [0.5, 0.6) is 0 Å². The molecule has 2 aromatic carbocycles. The van der Waals surface area contributed by atoms with E-state index in [2.05, 4.69) is 5.32 Å². The molecule has 1 aliphatic heterocycles. The van der Waals surface area contributed by atoms with E-state index in [0.29, 0.717) is 31.2 Å². The Balaban J connectivity index is 1.53. The molecule has 0 bridgehead atoms. The summed E-state index contributed by atoms with van der Waals surface area (Å²) in [4.78, 5) is 28.3. The SMILES string of the molecule is O=C(CN1CCN(C(=O)Cc2ccccc2Cl)CC1)Nc1c(Cl)cccc1C(F)(F)F. The Labute approximate surface area is 187 Å². The molecule has 2 amide bonds. The molecule has 0 spiro atoms. The summed E-state index contributed by atoms with van der Waals surface area (Å²) < 4.78 is 39.5. The van der Waals surface area contributed by atoms with Crippen LogP contribution in [0.1, 0.15) is 11.1 Å². The monoisotopic (exact) mass is 473 g/mol. The maximum atomic E-state index is 13.2. The van der Waals surface area contributed by atoms with Crippen LogP contribution in [-0.2, 0) is 22.2 Å². The largest absolute Gasteiger partial charge is 0.418 e. The molecule has 31 heavy (non-hydrogen) atoms. The molecular formula is C21H20Cl2F3N3O2. The lowest BCUT2D eigenvalue weighted by atomic mass is 10.1. The lowest BCUT2D eigenvalue weighted by molar-refractivity contribution is -0.137. The van der Waals surface area contributed by atoms with Crippen molar-refractivity contribution in [3.8, 4) is 0 Å². The van der Waals surface area contributed by atoms with Gasteiger partial charge >= 0.3 is 6.18 Å². The van der Waals surface area contributed by atoms with Gasteiger partial charge in [-0.05, 0) is 23.8 Å². The van der Waals surface area contributed by atoms with Gasteiger partial charge in [0.1, 0.15) is 0 Å². The number of hydrogen-bond acceptors (Lipinski definition) is 3. The van der Waals surface area contributed by atoms with Gasteiger partial charge in [0.25, 0.3) is 0 Å². The van der Waals surface area contributed by atoms with Crippen molar-refractivity contribution in [2.45, 2.75) is 12.6 Å². The number of nitrogens with zero attached hydrogens (tertiary/aromatic N) is 2. The van der Waals surface area contributed by atoms with Crippen LogP contribution >= 0.6 is 23.2 Å². The fourth-order valence-electron chi connectivity index (χ4n) is 3.34. The molecule has 1 fully saturated rings. The lowest BCUT2D eigenvalue weighted by Gasteiger charge is -2.34. The molecule has 0 aliphatic carbocycles. The van der Waals surface area contributed by atoms with Gasteiger partial charge in [-0.15, -0.1) is 0 Å². The molecule has 1 N–H and O–H groups in total. The number of rotatable bonds is 5. The van der Waals surface area contributed by atoms with Crippen molar-refractivity contribution in [1.29, 1.82) is 0 Å². The van der Waals surface area contributed by atoms with Gasteiger partial charge in [-0.3, -0.25) is 14.5 Å². The zero-order valence-electron chi connectivity index (χ0n) is 16.4. The van der Waals surface area contributed by atoms with Crippen molar-refractivity contribution in [3.05, 3.63) is 63.6 Å². The number of hydrogen-bond donors (Lipinski definition) is 1. The fraction of sp³-hybridized carbons (Fsp3) is 0.333. The minimum atomic E-state index is -4.64. The first-order valence-corrected chi connectivity index (χ1v) is 10.3. The molecular weight excluding hydrogens is 454 g/mol. The van der Waals surface area contributed by atoms with Gasteiger partial charge in [-0.25, -0.2) is 0 Å². The highest BCUT2D eigenvalue weighted by molar-refractivity contribution is 6.34. The normalized spacial score (nSPS) is 15.1. The van der Waals surface area contributed by atoms with Gasteiger partial charge in [0.2, 0.25) is 11.8 Å². The van der Waals surface area contributed by atoms with E-state index >= 15 is 0 Å².